The first-order valence-corrected chi connectivity index (χ1v) is 12.6. The molecule has 2 heterocycles. The van der Waals surface area contributed by atoms with Crippen molar-refractivity contribution in [1.82, 2.24) is 14.9 Å². The number of carbonyl (C=O) groups is 1. The van der Waals surface area contributed by atoms with E-state index in [1.54, 1.807) is 0 Å². The van der Waals surface area contributed by atoms with Gasteiger partial charge in [0, 0.05) is 17.7 Å². The lowest BCUT2D eigenvalue weighted by atomic mass is 10.1. The van der Waals surface area contributed by atoms with Crippen LogP contribution in [0.4, 0.5) is 22.0 Å². The molecule has 0 saturated heterocycles. The number of benzene rings is 3. The first-order valence-electron chi connectivity index (χ1n) is 11.1. The fourth-order valence-electron chi connectivity index (χ4n) is 4.05. The van der Waals surface area contributed by atoms with Crippen LogP contribution < -0.4 is 19.9 Å². The highest BCUT2D eigenvalue weighted by Gasteiger charge is 2.45. The molecule has 5 rings (SSSR count). The maximum atomic E-state index is 13.9. The van der Waals surface area contributed by atoms with Gasteiger partial charge in [-0.25, -0.2) is 18.5 Å². The third kappa shape index (κ3) is 5.35. The number of ether oxygens (including phenoxy) is 2. The number of alkyl halides is 5. The van der Waals surface area contributed by atoms with Crippen molar-refractivity contribution in [1.29, 1.82) is 0 Å². The molecule has 0 fully saturated rings. The summed E-state index contributed by atoms with van der Waals surface area (Å²) in [6.07, 6.45) is -8.85. The summed E-state index contributed by atoms with van der Waals surface area (Å²) in [6.45, 7) is -0.524. The molecule has 39 heavy (non-hydrogen) atoms. The summed E-state index contributed by atoms with van der Waals surface area (Å²) in [5.74, 6) is -2.61. The lowest BCUT2D eigenvalue weighted by molar-refractivity contribution is -0.287. The van der Waals surface area contributed by atoms with Crippen molar-refractivity contribution in [3.05, 3.63) is 83.2 Å². The largest absolute Gasteiger partial charge is 0.586 e. The molecular weight excluding hydrogens is 551 g/mol. The Bertz CT molecular complexity index is 1700. The Kier molecular flexibility index (Phi) is 6.22. The quantitative estimate of drug-likeness (QED) is 0.339. The molecular formula is C24H17F5N4O5S. The van der Waals surface area contributed by atoms with Crippen molar-refractivity contribution in [3.8, 4) is 11.5 Å². The van der Waals surface area contributed by atoms with Crippen LogP contribution in [0.15, 0.2) is 65.6 Å². The number of sulfonamides is 1. The lowest BCUT2D eigenvalue weighted by Crippen LogP contribution is -2.26. The number of fused-ring (bicyclic) bond motifs is 2. The minimum atomic E-state index is -4.90. The van der Waals surface area contributed by atoms with Crippen LogP contribution in [0.2, 0.25) is 0 Å². The maximum absolute atomic E-state index is 13.9. The number of aromatic nitrogens is 2. The Morgan fingerprint density at radius 1 is 1.05 bits per heavy atom. The van der Waals surface area contributed by atoms with Crippen molar-refractivity contribution in [2.45, 2.75) is 30.5 Å². The van der Waals surface area contributed by atoms with E-state index >= 15 is 0 Å². The van der Waals surface area contributed by atoms with Crippen LogP contribution in [0, 0.1) is 0 Å². The van der Waals surface area contributed by atoms with Crippen molar-refractivity contribution < 1.29 is 44.6 Å². The molecule has 0 aliphatic carbocycles. The van der Waals surface area contributed by atoms with Crippen LogP contribution >= 0.6 is 0 Å². The van der Waals surface area contributed by atoms with Gasteiger partial charge in [0.05, 0.1) is 22.5 Å². The van der Waals surface area contributed by atoms with Gasteiger partial charge in [0.25, 0.3) is 5.91 Å². The van der Waals surface area contributed by atoms with E-state index in [0.717, 1.165) is 4.57 Å². The molecule has 3 N–H and O–H groups in total. The molecule has 0 saturated carbocycles. The number of nitrogens with two attached hydrogens (primary N) is 1. The van der Waals surface area contributed by atoms with Gasteiger partial charge < -0.3 is 19.4 Å². The molecule has 4 aromatic rings. The van der Waals surface area contributed by atoms with E-state index in [9.17, 15) is 35.2 Å². The van der Waals surface area contributed by atoms with E-state index < -0.39 is 40.8 Å². The Labute approximate surface area is 217 Å². The summed E-state index contributed by atoms with van der Waals surface area (Å²) in [6, 6.07) is 13.1. The number of nitrogens with zero attached hydrogens (tertiary/aromatic N) is 2. The van der Waals surface area contributed by atoms with Crippen LogP contribution in [0.3, 0.4) is 0 Å². The number of halogens is 5. The zero-order chi connectivity index (χ0) is 28.2. The molecule has 15 heteroatoms. The number of para-hydroxylation sites is 1. The topological polar surface area (TPSA) is 126 Å². The zero-order valence-corrected chi connectivity index (χ0v) is 20.3. The average Bonchev–Trinajstić information content (AvgIpc) is 3.38. The van der Waals surface area contributed by atoms with Gasteiger partial charge in [-0.1, -0.05) is 24.3 Å². The number of primary sulfonamides is 1. The van der Waals surface area contributed by atoms with Crippen molar-refractivity contribution >= 4 is 27.0 Å². The summed E-state index contributed by atoms with van der Waals surface area (Å²) in [5.41, 5.74) is 0.416. The van der Waals surface area contributed by atoms with Gasteiger partial charge in [0.1, 0.15) is 0 Å². The minimum Gasteiger partial charge on any atom is -0.395 e. The molecule has 204 valence electrons. The van der Waals surface area contributed by atoms with Gasteiger partial charge in [-0.05, 0) is 42.0 Å². The molecule has 1 aliphatic heterocycles. The molecule has 0 bridgehead atoms. The molecule has 0 spiro atoms. The first kappa shape index (κ1) is 26.4. The first-order chi connectivity index (χ1) is 18.2. The standard InChI is InChI=1S/C24H17F5N4O5S/c25-23(26,27)22-32-17-10-14(21(34)31-11-13-4-7-16(8-5-13)39(30,35)36)6-9-18(17)33(22)12-15-2-1-3-19-20(15)38-24(28,29)37-19/h1-10H,11-12H2,(H,31,34)(H2,30,35,36). The summed E-state index contributed by atoms with van der Waals surface area (Å²) in [5, 5.41) is 7.64. The van der Waals surface area contributed by atoms with Crippen molar-refractivity contribution in [3.63, 3.8) is 0 Å². The molecule has 1 aromatic heterocycles. The van der Waals surface area contributed by atoms with Gasteiger partial charge in [0.15, 0.2) is 11.5 Å². The number of hydrogen-bond acceptors (Lipinski definition) is 6. The van der Waals surface area contributed by atoms with Crippen molar-refractivity contribution in [2.75, 3.05) is 0 Å². The third-order valence-corrected chi connectivity index (χ3v) is 6.74. The molecule has 1 amide bonds. The molecule has 0 atom stereocenters. The zero-order valence-electron chi connectivity index (χ0n) is 19.5. The minimum absolute atomic E-state index is 0.000682. The molecule has 1 aliphatic rings. The second-order valence-corrected chi connectivity index (χ2v) is 10.1. The van der Waals surface area contributed by atoms with E-state index in [1.807, 2.05) is 0 Å². The number of nitrogens with one attached hydrogen (secondary N) is 1. The normalized spacial score (nSPS) is 14.5. The highest BCUT2D eigenvalue weighted by atomic mass is 32.2. The summed E-state index contributed by atoms with van der Waals surface area (Å²) >= 11 is 0. The molecule has 0 unspecified atom stereocenters. The van der Waals surface area contributed by atoms with Crippen LogP contribution in [-0.4, -0.2) is 30.2 Å². The predicted octanol–water partition coefficient (Wildman–Crippen LogP) is 4.00. The van der Waals surface area contributed by atoms with E-state index in [4.69, 9.17) is 5.14 Å². The second-order valence-electron chi connectivity index (χ2n) is 8.51. The van der Waals surface area contributed by atoms with Gasteiger partial charge in [0.2, 0.25) is 15.8 Å². The molecule has 3 aromatic carbocycles. The van der Waals surface area contributed by atoms with Crippen LogP contribution in [0.1, 0.15) is 27.3 Å². The summed E-state index contributed by atoms with van der Waals surface area (Å²) in [4.78, 5) is 16.2. The van der Waals surface area contributed by atoms with E-state index in [1.165, 1.54) is 60.7 Å². The molecule has 9 nitrogen and oxygen atoms in total. The SMILES string of the molecule is NS(=O)(=O)c1ccc(CNC(=O)c2ccc3c(c2)nc(C(F)(F)F)n3Cc2cccc3c2OC(F)(F)O3)cc1. The fraction of sp³-hybridized carbons (Fsp3) is 0.167. The van der Waals surface area contributed by atoms with Gasteiger partial charge in [-0.15, -0.1) is 8.78 Å². The van der Waals surface area contributed by atoms with Gasteiger partial charge >= 0.3 is 12.5 Å². The molecule has 0 radical (unpaired) electrons. The Morgan fingerprint density at radius 2 is 1.77 bits per heavy atom. The smallest absolute Gasteiger partial charge is 0.395 e. The van der Waals surface area contributed by atoms with Crippen LogP contribution in [0.5, 0.6) is 11.5 Å². The Hall–Kier alpha value is -4.24. The van der Waals surface area contributed by atoms with Crippen LogP contribution in [-0.2, 0) is 29.3 Å². The second kappa shape index (κ2) is 9.20. The highest BCUT2D eigenvalue weighted by Crippen LogP contribution is 2.44. The van der Waals surface area contributed by atoms with Crippen LogP contribution in [0.25, 0.3) is 11.0 Å². The van der Waals surface area contributed by atoms with Gasteiger partial charge in [-0.2, -0.15) is 13.2 Å². The number of rotatable bonds is 6. The predicted molar refractivity (Wildman–Crippen MR) is 125 cm³/mol. The van der Waals surface area contributed by atoms with Crippen molar-refractivity contribution in [2.24, 2.45) is 5.14 Å². The average molecular weight is 568 g/mol. The maximum Gasteiger partial charge on any atom is 0.586 e. The lowest BCUT2D eigenvalue weighted by Gasteiger charge is -2.13. The monoisotopic (exact) mass is 568 g/mol. The number of imidazole rings is 1. The number of amides is 1. The van der Waals surface area contributed by atoms with E-state index in [0.29, 0.717) is 5.56 Å². The number of hydrogen-bond donors (Lipinski definition) is 2. The third-order valence-electron chi connectivity index (χ3n) is 5.81. The van der Waals surface area contributed by atoms with Gasteiger partial charge in [-0.3, -0.25) is 4.79 Å². The summed E-state index contributed by atoms with van der Waals surface area (Å²) < 4.78 is 101. The van der Waals surface area contributed by atoms with E-state index in [-0.39, 0.29) is 45.1 Å². The number of carbonyl (C=O) groups excluding carboxylic acids is 1. The fourth-order valence-corrected chi connectivity index (χ4v) is 4.56. The Morgan fingerprint density at radius 3 is 2.44 bits per heavy atom. The summed E-state index contributed by atoms with van der Waals surface area (Å²) in [7, 11) is -3.88. The van der Waals surface area contributed by atoms with E-state index in [2.05, 4.69) is 19.8 Å². The Balaban J connectivity index is 1.42. The highest BCUT2D eigenvalue weighted by molar-refractivity contribution is 7.89.